The molecule has 0 aliphatic rings. The second-order valence-electron chi connectivity index (χ2n) is 4.39. The van der Waals surface area contributed by atoms with Crippen LogP contribution in [0.4, 0.5) is 5.82 Å². The van der Waals surface area contributed by atoms with E-state index in [2.05, 4.69) is 10.3 Å². The van der Waals surface area contributed by atoms with E-state index in [1.807, 2.05) is 13.0 Å². The van der Waals surface area contributed by atoms with Crippen molar-refractivity contribution in [1.82, 2.24) is 14.1 Å². The van der Waals surface area contributed by atoms with Gasteiger partial charge in [-0.2, -0.15) is 0 Å². The van der Waals surface area contributed by atoms with Crippen LogP contribution in [0.1, 0.15) is 5.56 Å². The molecule has 0 aromatic carbocycles. The average Bonchev–Trinajstić information content (AvgIpc) is 2.42. The topological polar surface area (TPSA) is 86.0 Å². The molecule has 0 aliphatic heterocycles. The summed E-state index contributed by atoms with van der Waals surface area (Å²) in [5.74, 6) is 0.0283. The Bertz CT molecular complexity index is 743. The van der Waals surface area contributed by atoms with Gasteiger partial charge in [-0.3, -0.25) is 18.7 Å². The van der Waals surface area contributed by atoms with Crippen LogP contribution in [0.15, 0.2) is 40.2 Å². The summed E-state index contributed by atoms with van der Waals surface area (Å²) in [6, 6.07) is 4.73. The Labute approximate surface area is 114 Å². The highest BCUT2D eigenvalue weighted by atomic mass is 16.2. The number of hydrogen-bond donors (Lipinski definition) is 1. The highest BCUT2D eigenvalue weighted by Crippen LogP contribution is 2.03. The molecule has 2 rings (SSSR count). The van der Waals surface area contributed by atoms with Crippen LogP contribution >= 0.6 is 0 Å². The van der Waals surface area contributed by atoms with Crippen molar-refractivity contribution in [1.29, 1.82) is 0 Å². The molecule has 0 saturated heterocycles. The van der Waals surface area contributed by atoms with Gasteiger partial charge >= 0.3 is 5.69 Å². The van der Waals surface area contributed by atoms with Gasteiger partial charge in [-0.15, -0.1) is 0 Å². The molecular weight excluding hydrogens is 260 g/mol. The van der Waals surface area contributed by atoms with Gasteiger partial charge in [0.2, 0.25) is 5.91 Å². The number of nitrogens with one attached hydrogen (secondary N) is 1. The molecule has 0 saturated carbocycles. The zero-order valence-electron chi connectivity index (χ0n) is 11.2. The maximum absolute atomic E-state index is 11.8. The van der Waals surface area contributed by atoms with E-state index in [0.29, 0.717) is 5.82 Å². The maximum Gasteiger partial charge on any atom is 0.331 e. The first kappa shape index (κ1) is 13.7. The predicted molar refractivity (Wildman–Crippen MR) is 73.5 cm³/mol. The molecule has 104 valence electrons. The van der Waals surface area contributed by atoms with Gasteiger partial charge in [-0.25, -0.2) is 9.78 Å². The lowest BCUT2D eigenvalue weighted by atomic mass is 10.3. The largest absolute Gasteiger partial charge is 0.331 e. The van der Waals surface area contributed by atoms with Crippen molar-refractivity contribution in [2.75, 3.05) is 5.32 Å². The number of amides is 1. The molecule has 20 heavy (non-hydrogen) atoms. The molecular formula is C13H14N4O3. The van der Waals surface area contributed by atoms with Crippen molar-refractivity contribution < 1.29 is 4.79 Å². The molecule has 1 amide bonds. The highest BCUT2D eigenvalue weighted by molar-refractivity contribution is 5.89. The van der Waals surface area contributed by atoms with E-state index in [1.54, 1.807) is 12.3 Å². The van der Waals surface area contributed by atoms with Crippen molar-refractivity contribution in [3.63, 3.8) is 0 Å². The first-order valence-corrected chi connectivity index (χ1v) is 5.96. The number of rotatable bonds is 3. The fourth-order valence-corrected chi connectivity index (χ4v) is 1.62. The molecule has 7 nitrogen and oxygen atoms in total. The number of anilines is 1. The van der Waals surface area contributed by atoms with Crippen molar-refractivity contribution in [2.45, 2.75) is 13.5 Å². The molecule has 0 aliphatic carbocycles. The molecule has 2 aromatic heterocycles. The van der Waals surface area contributed by atoms with Crippen LogP contribution in [0, 0.1) is 6.92 Å². The van der Waals surface area contributed by atoms with Crippen molar-refractivity contribution in [3.8, 4) is 0 Å². The van der Waals surface area contributed by atoms with Crippen molar-refractivity contribution in [2.24, 2.45) is 7.05 Å². The van der Waals surface area contributed by atoms with Gasteiger partial charge in [0.1, 0.15) is 12.4 Å². The number of aromatic nitrogens is 3. The van der Waals surface area contributed by atoms with Gasteiger partial charge in [-0.1, -0.05) is 6.07 Å². The molecule has 0 atom stereocenters. The lowest BCUT2D eigenvalue weighted by molar-refractivity contribution is -0.116. The number of hydrogen-bond acceptors (Lipinski definition) is 4. The zero-order chi connectivity index (χ0) is 14.7. The van der Waals surface area contributed by atoms with Gasteiger partial charge in [0, 0.05) is 25.5 Å². The number of aryl methyl sites for hydroxylation is 1. The van der Waals surface area contributed by atoms with Gasteiger partial charge in [0.15, 0.2) is 0 Å². The minimum Gasteiger partial charge on any atom is -0.309 e. The minimum atomic E-state index is -0.537. The van der Waals surface area contributed by atoms with Crippen LogP contribution in [-0.2, 0) is 18.4 Å². The van der Waals surface area contributed by atoms with Gasteiger partial charge < -0.3 is 5.32 Å². The molecule has 0 bridgehead atoms. The first-order chi connectivity index (χ1) is 9.47. The smallest absolute Gasteiger partial charge is 0.309 e. The summed E-state index contributed by atoms with van der Waals surface area (Å²) in [4.78, 5) is 38.8. The van der Waals surface area contributed by atoms with Gasteiger partial charge in [0.05, 0.1) is 0 Å². The highest BCUT2D eigenvalue weighted by Gasteiger charge is 2.07. The number of carbonyl (C=O) groups is 1. The lowest BCUT2D eigenvalue weighted by Crippen LogP contribution is -2.39. The fourth-order valence-electron chi connectivity index (χ4n) is 1.62. The van der Waals surface area contributed by atoms with Crippen molar-refractivity contribution in [3.05, 3.63) is 57.0 Å². The third kappa shape index (κ3) is 3.00. The second-order valence-corrected chi connectivity index (χ2v) is 4.39. The number of carbonyl (C=O) groups excluding carboxylic acids is 1. The third-order valence-electron chi connectivity index (χ3n) is 2.75. The number of pyridine rings is 1. The van der Waals surface area contributed by atoms with E-state index in [1.165, 1.54) is 19.3 Å². The Morgan fingerprint density at radius 3 is 2.70 bits per heavy atom. The Kier molecular flexibility index (Phi) is 3.79. The monoisotopic (exact) mass is 274 g/mol. The Morgan fingerprint density at radius 2 is 2.05 bits per heavy atom. The fraction of sp³-hybridized carbons (Fsp3) is 0.231. The molecule has 2 aromatic rings. The summed E-state index contributed by atoms with van der Waals surface area (Å²) >= 11 is 0. The quantitative estimate of drug-likeness (QED) is 0.846. The molecule has 0 fully saturated rings. The minimum absolute atomic E-state index is 0.178. The lowest BCUT2D eigenvalue weighted by Gasteiger charge is -2.07. The molecule has 2 heterocycles. The summed E-state index contributed by atoms with van der Waals surface area (Å²) in [6.07, 6.45) is 2.93. The second kappa shape index (κ2) is 5.52. The van der Waals surface area contributed by atoms with E-state index in [0.717, 1.165) is 14.7 Å². The van der Waals surface area contributed by atoms with Crippen LogP contribution in [0.3, 0.4) is 0 Å². The summed E-state index contributed by atoms with van der Waals surface area (Å²) in [7, 11) is 1.36. The zero-order valence-corrected chi connectivity index (χ0v) is 11.2. The van der Waals surface area contributed by atoms with Crippen LogP contribution < -0.4 is 16.6 Å². The molecule has 0 radical (unpaired) electrons. The Morgan fingerprint density at radius 1 is 1.30 bits per heavy atom. The molecule has 1 N–H and O–H groups in total. The number of nitrogens with zero attached hydrogens (tertiary/aromatic N) is 3. The van der Waals surface area contributed by atoms with Crippen molar-refractivity contribution >= 4 is 11.7 Å². The van der Waals surface area contributed by atoms with Crippen LogP contribution in [0.2, 0.25) is 0 Å². The molecule has 0 spiro atoms. The van der Waals surface area contributed by atoms with E-state index in [-0.39, 0.29) is 12.5 Å². The molecule has 0 unspecified atom stereocenters. The molecule has 7 heteroatoms. The third-order valence-corrected chi connectivity index (χ3v) is 2.75. The van der Waals surface area contributed by atoms with Crippen LogP contribution in [0.5, 0.6) is 0 Å². The summed E-state index contributed by atoms with van der Waals surface area (Å²) in [6.45, 7) is 1.71. The van der Waals surface area contributed by atoms with Gasteiger partial charge in [-0.05, 0) is 18.6 Å². The first-order valence-electron chi connectivity index (χ1n) is 5.96. The van der Waals surface area contributed by atoms with E-state index in [9.17, 15) is 14.4 Å². The standard InChI is InChI=1S/C13H14N4O3/c1-9-3-4-10(14-7-9)15-11(18)8-17-6-5-12(19)16(2)13(17)20/h3-7H,8H2,1-2H3,(H,14,15,18). The predicted octanol–water partition coefficient (Wildman–Crippen LogP) is -0.111. The summed E-state index contributed by atoms with van der Waals surface area (Å²) in [5.41, 5.74) is 0.0358. The Balaban J connectivity index is 2.13. The van der Waals surface area contributed by atoms with E-state index < -0.39 is 11.2 Å². The average molecular weight is 274 g/mol. The SMILES string of the molecule is Cc1ccc(NC(=O)Cn2ccc(=O)n(C)c2=O)nc1. The maximum atomic E-state index is 11.8. The van der Waals surface area contributed by atoms with Gasteiger partial charge in [0.25, 0.3) is 5.56 Å². The van der Waals surface area contributed by atoms with Crippen LogP contribution in [-0.4, -0.2) is 20.0 Å². The normalized spacial score (nSPS) is 10.3. The summed E-state index contributed by atoms with van der Waals surface area (Å²) < 4.78 is 2.10. The van der Waals surface area contributed by atoms with E-state index in [4.69, 9.17) is 0 Å². The Hall–Kier alpha value is -2.70. The van der Waals surface area contributed by atoms with Crippen LogP contribution in [0.25, 0.3) is 0 Å². The summed E-state index contributed by atoms with van der Waals surface area (Å²) in [5, 5.41) is 2.58. The van der Waals surface area contributed by atoms with E-state index >= 15 is 0 Å².